The first-order chi connectivity index (χ1) is 14.1. The molecule has 6 nitrogen and oxygen atoms in total. The number of para-hydroxylation sites is 1. The molecular formula is C23H28N4O2. The number of carbonyl (C=O) groups excluding carboxylic acids is 2. The molecule has 1 saturated heterocycles. The topological polar surface area (TPSA) is 64.7 Å². The molecule has 2 amide bonds. The van der Waals surface area contributed by atoms with Gasteiger partial charge >= 0.3 is 0 Å². The maximum absolute atomic E-state index is 12.0. The lowest BCUT2D eigenvalue weighted by molar-refractivity contribution is -0.127. The smallest absolute Gasteiger partial charge is 0.262 e. The van der Waals surface area contributed by atoms with Crippen molar-refractivity contribution in [1.29, 1.82) is 0 Å². The van der Waals surface area contributed by atoms with Crippen molar-refractivity contribution in [3.8, 4) is 0 Å². The van der Waals surface area contributed by atoms with Crippen molar-refractivity contribution >= 4 is 23.6 Å². The normalized spacial score (nSPS) is 14.7. The van der Waals surface area contributed by atoms with Crippen molar-refractivity contribution in [1.82, 2.24) is 15.8 Å². The fourth-order valence-electron chi connectivity index (χ4n) is 3.31. The van der Waals surface area contributed by atoms with Gasteiger partial charge in [0.05, 0.1) is 0 Å². The number of aryl methyl sites for hydroxylation is 1. The molecule has 152 valence electrons. The van der Waals surface area contributed by atoms with Crippen LogP contribution >= 0.6 is 0 Å². The van der Waals surface area contributed by atoms with Crippen molar-refractivity contribution < 1.29 is 9.59 Å². The molecule has 0 bridgehead atoms. The van der Waals surface area contributed by atoms with Crippen molar-refractivity contribution in [2.75, 3.05) is 37.6 Å². The van der Waals surface area contributed by atoms with Crippen LogP contribution in [-0.4, -0.2) is 49.4 Å². The summed E-state index contributed by atoms with van der Waals surface area (Å²) in [6.07, 6.45) is 3.49. The van der Waals surface area contributed by atoms with E-state index < -0.39 is 0 Å². The Balaban J connectivity index is 1.32. The van der Waals surface area contributed by atoms with E-state index in [1.54, 1.807) is 6.08 Å². The molecule has 1 aliphatic rings. The number of hydrazine groups is 1. The first-order valence-electron chi connectivity index (χ1n) is 9.96. The van der Waals surface area contributed by atoms with Gasteiger partial charge in [0.25, 0.3) is 5.91 Å². The van der Waals surface area contributed by atoms with Gasteiger partial charge in [-0.05, 0) is 30.7 Å². The van der Waals surface area contributed by atoms with Gasteiger partial charge in [-0.2, -0.15) is 0 Å². The van der Waals surface area contributed by atoms with Crippen LogP contribution in [0.1, 0.15) is 17.5 Å². The Morgan fingerprint density at radius 1 is 0.966 bits per heavy atom. The Morgan fingerprint density at radius 3 is 2.45 bits per heavy atom. The van der Waals surface area contributed by atoms with Crippen molar-refractivity contribution in [2.24, 2.45) is 0 Å². The number of rotatable bonds is 6. The molecule has 0 spiro atoms. The first-order valence-corrected chi connectivity index (χ1v) is 9.96. The molecule has 0 atom stereocenters. The summed E-state index contributed by atoms with van der Waals surface area (Å²) in [5.41, 5.74) is 8.23. The molecule has 0 aliphatic carbocycles. The molecule has 0 unspecified atom stereocenters. The van der Waals surface area contributed by atoms with Crippen molar-refractivity contribution in [3.05, 3.63) is 71.8 Å². The zero-order valence-electron chi connectivity index (χ0n) is 16.8. The molecule has 0 aromatic heterocycles. The van der Waals surface area contributed by atoms with E-state index in [0.717, 1.165) is 37.3 Å². The highest BCUT2D eigenvalue weighted by molar-refractivity contribution is 5.93. The number of amides is 2. The average Bonchev–Trinajstić information content (AvgIpc) is 2.76. The molecule has 0 radical (unpaired) electrons. The van der Waals surface area contributed by atoms with Gasteiger partial charge in [0.2, 0.25) is 5.91 Å². The number of piperazine rings is 1. The van der Waals surface area contributed by atoms with Gasteiger partial charge in [0.15, 0.2) is 0 Å². The third-order valence-corrected chi connectivity index (χ3v) is 4.94. The van der Waals surface area contributed by atoms with Gasteiger partial charge in [0, 0.05) is 50.9 Å². The van der Waals surface area contributed by atoms with E-state index >= 15 is 0 Å². The molecular weight excluding hydrogens is 364 g/mol. The minimum absolute atomic E-state index is 0.187. The van der Waals surface area contributed by atoms with Crippen LogP contribution in [0.4, 0.5) is 5.69 Å². The summed E-state index contributed by atoms with van der Waals surface area (Å²) in [5, 5.41) is 0. The third kappa shape index (κ3) is 6.76. The Kier molecular flexibility index (Phi) is 7.41. The number of hydrogen-bond donors (Lipinski definition) is 2. The number of carbonyl (C=O) groups is 2. The number of nitrogens with zero attached hydrogens (tertiary/aromatic N) is 2. The lowest BCUT2D eigenvalue weighted by atomic mass is 10.1. The predicted molar refractivity (Wildman–Crippen MR) is 116 cm³/mol. The Labute approximate surface area is 172 Å². The molecule has 1 heterocycles. The van der Waals surface area contributed by atoms with Gasteiger partial charge in [-0.25, -0.2) is 0 Å². The summed E-state index contributed by atoms with van der Waals surface area (Å²) in [6.45, 7) is 6.43. The summed E-state index contributed by atoms with van der Waals surface area (Å²) in [6, 6.07) is 18.2. The maximum atomic E-state index is 12.0. The van der Waals surface area contributed by atoms with Gasteiger partial charge in [-0.1, -0.05) is 48.0 Å². The number of anilines is 1. The van der Waals surface area contributed by atoms with Crippen LogP contribution in [0, 0.1) is 6.92 Å². The van der Waals surface area contributed by atoms with Crippen LogP contribution in [0.3, 0.4) is 0 Å². The van der Waals surface area contributed by atoms with E-state index in [1.165, 1.54) is 11.8 Å². The van der Waals surface area contributed by atoms with E-state index in [9.17, 15) is 9.59 Å². The molecule has 1 aliphatic heterocycles. The molecule has 2 aromatic carbocycles. The van der Waals surface area contributed by atoms with Crippen LogP contribution in [0.25, 0.3) is 6.08 Å². The Hall–Kier alpha value is -3.12. The molecule has 3 rings (SSSR count). The highest BCUT2D eigenvalue weighted by Crippen LogP contribution is 2.15. The van der Waals surface area contributed by atoms with Gasteiger partial charge < -0.3 is 4.90 Å². The SMILES string of the molecule is Cc1cccc(/C=C/C(=O)NNC(=O)CCN2CCN(c3ccccc3)CC2)c1. The lowest BCUT2D eigenvalue weighted by Crippen LogP contribution is -2.48. The van der Waals surface area contributed by atoms with E-state index in [4.69, 9.17) is 0 Å². The van der Waals surface area contributed by atoms with E-state index in [2.05, 4.69) is 44.9 Å². The molecule has 6 heteroatoms. The molecule has 29 heavy (non-hydrogen) atoms. The van der Waals surface area contributed by atoms with Gasteiger partial charge in [0.1, 0.15) is 0 Å². The molecule has 0 saturated carbocycles. The van der Waals surface area contributed by atoms with Crippen LogP contribution in [-0.2, 0) is 9.59 Å². The molecule has 2 N–H and O–H groups in total. The van der Waals surface area contributed by atoms with Crippen LogP contribution < -0.4 is 15.8 Å². The highest BCUT2D eigenvalue weighted by atomic mass is 16.2. The fourth-order valence-corrected chi connectivity index (χ4v) is 3.31. The second kappa shape index (κ2) is 10.4. The minimum atomic E-state index is -0.351. The second-order valence-electron chi connectivity index (χ2n) is 7.20. The van der Waals surface area contributed by atoms with E-state index in [1.807, 2.05) is 37.3 Å². The summed E-state index contributed by atoms with van der Waals surface area (Å²) in [4.78, 5) is 28.5. The summed E-state index contributed by atoms with van der Waals surface area (Å²) < 4.78 is 0. The first kappa shape index (κ1) is 20.6. The zero-order valence-corrected chi connectivity index (χ0v) is 16.8. The minimum Gasteiger partial charge on any atom is -0.369 e. The van der Waals surface area contributed by atoms with E-state index in [-0.39, 0.29) is 11.8 Å². The highest BCUT2D eigenvalue weighted by Gasteiger charge is 2.17. The van der Waals surface area contributed by atoms with Crippen molar-refractivity contribution in [2.45, 2.75) is 13.3 Å². The molecule has 1 fully saturated rings. The van der Waals surface area contributed by atoms with Crippen LogP contribution in [0.15, 0.2) is 60.7 Å². The second-order valence-corrected chi connectivity index (χ2v) is 7.20. The number of nitrogens with one attached hydrogen (secondary N) is 2. The standard InChI is InChI=1S/C23H28N4O2/c1-19-6-5-7-20(18-19)10-11-22(28)24-25-23(29)12-13-26-14-16-27(17-15-26)21-8-3-2-4-9-21/h2-11,18H,12-17H2,1H3,(H,24,28)(H,25,29)/b11-10+. The fraction of sp³-hybridized carbons (Fsp3) is 0.304. The summed E-state index contributed by atoms with van der Waals surface area (Å²) in [5.74, 6) is -0.538. The maximum Gasteiger partial charge on any atom is 0.262 e. The quantitative estimate of drug-likeness (QED) is 0.585. The number of benzene rings is 2. The van der Waals surface area contributed by atoms with Crippen molar-refractivity contribution in [3.63, 3.8) is 0 Å². The Morgan fingerprint density at radius 2 is 1.72 bits per heavy atom. The summed E-state index contributed by atoms with van der Waals surface area (Å²) in [7, 11) is 0. The predicted octanol–water partition coefficient (Wildman–Crippen LogP) is 2.37. The molecule has 2 aromatic rings. The number of hydrogen-bond acceptors (Lipinski definition) is 4. The largest absolute Gasteiger partial charge is 0.369 e. The average molecular weight is 393 g/mol. The monoisotopic (exact) mass is 392 g/mol. The van der Waals surface area contributed by atoms with Crippen LogP contribution in [0.5, 0.6) is 0 Å². The van der Waals surface area contributed by atoms with Gasteiger partial charge in [-0.3, -0.25) is 25.3 Å². The van der Waals surface area contributed by atoms with Gasteiger partial charge in [-0.15, -0.1) is 0 Å². The third-order valence-electron chi connectivity index (χ3n) is 4.94. The van der Waals surface area contributed by atoms with E-state index in [0.29, 0.717) is 13.0 Å². The lowest BCUT2D eigenvalue weighted by Gasteiger charge is -2.36. The summed E-state index contributed by atoms with van der Waals surface area (Å²) >= 11 is 0. The Bertz CT molecular complexity index is 843. The van der Waals surface area contributed by atoms with Crippen LogP contribution in [0.2, 0.25) is 0 Å². The zero-order chi connectivity index (χ0) is 20.5.